The molecule has 1 saturated carbocycles. The number of carbonyl (C=O) groups excluding carboxylic acids is 1. The molecule has 0 bridgehead atoms. The summed E-state index contributed by atoms with van der Waals surface area (Å²) in [6, 6.07) is 1.88. The molecule has 1 aliphatic rings. The molecule has 3 nitrogen and oxygen atoms in total. The molecule has 0 aliphatic heterocycles. The Kier molecular flexibility index (Phi) is 2.40. The van der Waals surface area contributed by atoms with Crippen molar-refractivity contribution in [2.45, 2.75) is 32.6 Å². The Morgan fingerprint density at radius 2 is 2.36 bits per heavy atom. The Balaban J connectivity index is 2.06. The highest BCUT2D eigenvalue weighted by atomic mass is 16.1. The van der Waals surface area contributed by atoms with E-state index in [1.807, 2.05) is 20.0 Å². The summed E-state index contributed by atoms with van der Waals surface area (Å²) < 4.78 is 1.69. The lowest BCUT2D eigenvalue weighted by molar-refractivity contribution is 0.0927. The van der Waals surface area contributed by atoms with Crippen LogP contribution >= 0.6 is 0 Å². The minimum atomic E-state index is 0.248. The molecule has 1 aliphatic carbocycles. The first-order chi connectivity index (χ1) is 6.66. The number of Topliss-reactive ketones (excluding diaryl/α,β-unsaturated/α-hetero) is 1. The maximum Gasteiger partial charge on any atom is 0.181 e. The third-order valence-corrected chi connectivity index (χ3v) is 2.99. The number of carbonyl (C=O) groups is 1. The van der Waals surface area contributed by atoms with Crippen LogP contribution < -0.4 is 0 Å². The Morgan fingerprint density at radius 1 is 1.64 bits per heavy atom. The van der Waals surface area contributed by atoms with Gasteiger partial charge in [0.05, 0.1) is 5.69 Å². The van der Waals surface area contributed by atoms with Crippen LogP contribution in [0.4, 0.5) is 0 Å². The van der Waals surface area contributed by atoms with Crippen molar-refractivity contribution < 1.29 is 4.79 Å². The maximum atomic E-state index is 11.8. The molecule has 1 heterocycles. The number of hydrogen-bond donors (Lipinski definition) is 0. The zero-order valence-corrected chi connectivity index (χ0v) is 8.79. The molecular weight excluding hydrogens is 176 g/mol. The molecule has 1 fully saturated rings. The molecule has 0 saturated heterocycles. The zero-order valence-electron chi connectivity index (χ0n) is 8.79. The lowest BCUT2D eigenvalue weighted by Gasteiger charge is -2.24. The Hall–Kier alpha value is -1.12. The first-order valence-corrected chi connectivity index (χ1v) is 5.20. The van der Waals surface area contributed by atoms with E-state index in [1.165, 1.54) is 19.3 Å². The largest absolute Gasteiger partial charge is 0.292 e. The number of hydrogen-bond acceptors (Lipinski definition) is 2. The average molecular weight is 192 g/mol. The van der Waals surface area contributed by atoms with Crippen LogP contribution in [0.2, 0.25) is 0 Å². The van der Waals surface area contributed by atoms with E-state index >= 15 is 0 Å². The summed E-state index contributed by atoms with van der Waals surface area (Å²) >= 11 is 0. The fourth-order valence-corrected chi connectivity index (χ4v) is 1.94. The fraction of sp³-hybridized carbons (Fsp3) is 0.636. The third-order valence-electron chi connectivity index (χ3n) is 2.99. The molecule has 0 aromatic carbocycles. The van der Waals surface area contributed by atoms with Crippen LogP contribution in [-0.2, 0) is 7.05 Å². The molecule has 1 aromatic rings. The molecular formula is C11H16N2O. The van der Waals surface area contributed by atoms with Gasteiger partial charge in [-0.25, -0.2) is 0 Å². The van der Waals surface area contributed by atoms with E-state index in [0.717, 1.165) is 11.4 Å². The average Bonchev–Trinajstić information content (AvgIpc) is 2.37. The van der Waals surface area contributed by atoms with Gasteiger partial charge in [-0.05, 0) is 18.9 Å². The van der Waals surface area contributed by atoms with E-state index in [4.69, 9.17) is 0 Å². The molecule has 3 heteroatoms. The summed E-state index contributed by atoms with van der Waals surface area (Å²) in [4.78, 5) is 11.8. The van der Waals surface area contributed by atoms with Gasteiger partial charge < -0.3 is 0 Å². The van der Waals surface area contributed by atoms with Crippen LogP contribution in [0.1, 0.15) is 41.9 Å². The molecule has 0 amide bonds. The Morgan fingerprint density at radius 3 is 2.79 bits per heavy atom. The van der Waals surface area contributed by atoms with Gasteiger partial charge in [-0.1, -0.05) is 19.3 Å². The predicted octanol–water partition coefficient (Wildman–Crippen LogP) is 2.10. The van der Waals surface area contributed by atoms with Crippen molar-refractivity contribution in [1.29, 1.82) is 0 Å². The highest BCUT2D eigenvalue weighted by Crippen LogP contribution is 2.30. The molecule has 0 unspecified atom stereocenters. The van der Waals surface area contributed by atoms with Gasteiger partial charge in [0.25, 0.3) is 0 Å². The van der Waals surface area contributed by atoms with Crippen LogP contribution in [0.15, 0.2) is 6.07 Å². The minimum Gasteiger partial charge on any atom is -0.292 e. The second-order valence-electron chi connectivity index (χ2n) is 4.22. The van der Waals surface area contributed by atoms with Gasteiger partial charge in [0.2, 0.25) is 0 Å². The topological polar surface area (TPSA) is 34.9 Å². The second kappa shape index (κ2) is 3.56. The number of aromatic nitrogens is 2. The fourth-order valence-electron chi connectivity index (χ4n) is 1.94. The summed E-state index contributed by atoms with van der Waals surface area (Å²) in [5.41, 5.74) is 1.68. The monoisotopic (exact) mass is 192 g/mol. The van der Waals surface area contributed by atoms with E-state index in [1.54, 1.807) is 4.68 Å². The van der Waals surface area contributed by atoms with Gasteiger partial charge in [0.15, 0.2) is 5.78 Å². The summed E-state index contributed by atoms with van der Waals surface area (Å²) in [6.45, 7) is 1.92. The van der Waals surface area contributed by atoms with Gasteiger partial charge >= 0.3 is 0 Å². The van der Waals surface area contributed by atoms with Gasteiger partial charge in [-0.15, -0.1) is 0 Å². The third kappa shape index (κ3) is 1.72. The van der Waals surface area contributed by atoms with Crippen molar-refractivity contribution in [2.75, 3.05) is 0 Å². The van der Waals surface area contributed by atoms with Crippen LogP contribution in [0, 0.1) is 12.8 Å². The summed E-state index contributed by atoms with van der Waals surface area (Å²) in [5.74, 6) is 0.885. The molecule has 76 valence electrons. The first kappa shape index (κ1) is 9.44. The van der Waals surface area contributed by atoms with Crippen molar-refractivity contribution in [1.82, 2.24) is 9.78 Å². The number of nitrogens with zero attached hydrogens (tertiary/aromatic N) is 2. The molecule has 14 heavy (non-hydrogen) atoms. The van der Waals surface area contributed by atoms with Gasteiger partial charge in [-0.2, -0.15) is 5.10 Å². The van der Waals surface area contributed by atoms with Crippen molar-refractivity contribution in [2.24, 2.45) is 13.0 Å². The van der Waals surface area contributed by atoms with Crippen molar-refractivity contribution in [3.05, 3.63) is 17.5 Å². The summed E-state index contributed by atoms with van der Waals surface area (Å²) in [5, 5.41) is 4.18. The molecule has 0 N–H and O–H groups in total. The van der Waals surface area contributed by atoms with Gasteiger partial charge in [0.1, 0.15) is 5.69 Å². The van der Waals surface area contributed by atoms with E-state index < -0.39 is 0 Å². The van der Waals surface area contributed by atoms with Gasteiger partial charge in [-0.3, -0.25) is 9.48 Å². The van der Waals surface area contributed by atoms with Crippen molar-refractivity contribution >= 4 is 5.78 Å². The van der Waals surface area contributed by atoms with Crippen molar-refractivity contribution in [3.8, 4) is 0 Å². The summed E-state index contributed by atoms with van der Waals surface area (Å²) in [7, 11) is 1.83. The smallest absolute Gasteiger partial charge is 0.181 e. The Bertz CT molecular complexity index is 350. The molecule has 2 rings (SSSR count). The van der Waals surface area contributed by atoms with Gasteiger partial charge in [0, 0.05) is 13.5 Å². The zero-order chi connectivity index (χ0) is 10.1. The minimum absolute atomic E-state index is 0.248. The standard InChI is InChI=1S/C11H16N2O/c1-8-6-10(13(2)12-8)11(14)7-9-4-3-5-9/h6,9H,3-5,7H2,1-2H3. The second-order valence-corrected chi connectivity index (χ2v) is 4.22. The number of ketones is 1. The van der Waals surface area contributed by atoms with Crippen LogP contribution in [-0.4, -0.2) is 15.6 Å². The van der Waals surface area contributed by atoms with E-state index in [2.05, 4.69) is 5.10 Å². The molecule has 0 atom stereocenters. The normalized spacial score (nSPS) is 16.7. The summed E-state index contributed by atoms with van der Waals surface area (Å²) in [6.07, 6.45) is 4.45. The lowest BCUT2D eigenvalue weighted by Crippen LogP contribution is -2.17. The van der Waals surface area contributed by atoms with Crippen molar-refractivity contribution in [3.63, 3.8) is 0 Å². The molecule has 0 radical (unpaired) electrons. The van der Waals surface area contributed by atoms with E-state index in [-0.39, 0.29) is 5.78 Å². The molecule has 1 aromatic heterocycles. The van der Waals surface area contributed by atoms with E-state index in [9.17, 15) is 4.79 Å². The van der Waals surface area contributed by atoms with Crippen LogP contribution in [0.25, 0.3) is 0 Å². The highest BCUT2D eigenvalue weighted by Gasteiger charge is 2.22. The Labute approximate surface area is 84.1 Å². The maximum absolute atomic E-state index is 11.8. The molecule has 0 spiro atoms. The lowest BCUT2D eigenvalue weighted by atomic mass is 9.81. The van der Waals surface area contributed by atoms with E-state index in [0.29, 0.717) is 12.3 Å². The number of aryl methyl sites for hydroxylation is 2. The SMILES string of the molecule is Cc1cc(C(=O)CC2CCC2)n(C)n1. The van der Waals surface area contributed by atoms with Crippen LogP contribution in [0.5, 0.6) is 0 Å². The quantitative estimate of drug-likeness (QED) is 0.687. The predicted molar refractivity (Wildman–Crippen MR) is 54.2 cm³/mol. The first-order valence-electron chi connectivity index (χ1n) is 5.20. The van der Waals surface area contributed by atoms with Crippen LogP contribution in [0.3, 0.4) is 0 Å². The number of rotatable bonds is 3. The highest BCUT2D eigenvalue weighted by molar-refractivity contribution is 5.94.